The summed E-state index contributed by atoms with van der Waals surface area (Å²) in [7, 11) is 0. The van der Waals surface area contributed by atoms with Gasteiger partial charge in [-0.2, -0.15) is 0 Å². The maximum Gasteiger partial charge on any atom is 0.319 e. The minimum Gasteiger partial charge on any atom is -0.351 e. The standard InChI is InChI=1S/C15H15N3O2/c19-18(20)14-13(12-6-2-1-3-7-12)8-9-16-15(14)17-10-4-5-11-17/h1-3,6-9H,4-5,10-11H2. The maximum absolute atomic E-state index is 11.5. The van der Waals surface area contributed by atoms with Gasteiger partial charge in [0.1, 0.15) is 0 Å². The molecule has 1 aromatic carbocycles. The highest BCUT2D eigenvalue weighted by molar-refractivity contribution is 5.80. The minimum atomic E-state index is -0.316. The highest BCUT2D eigenvalue weighted by Crippen LogP contribution is 2.37. The summed E-state index contributed by atoms with van der Waals surface area (Å²) in [5.74, 6) is 0.494. The fraction of sp³-hybridized carbons (Fsp3) is 0.267. The average molecular weight is 269 g/mol. The average Bonchev–Trinajstić information content (AvgIpc) is 3.01. The van der Waals surface area contributed by atoms with E-state index in [4.69, 9.17) is 0 Å². The number of rotatable bonds is 3. The number of hydrogen-bond donors (Lipinski definition) is 0. The number of hydrogen-bond acceptors (Lipinski definition) is 4. The number of nitrogens with zero attached hydrogens (tertiary/aromatic N) is 3. The zero-order chi connectivity index (χ0) is 13.9. The van der Waals surface area contributed by atoms with Crippen LogP contribution in [-0.2, 0) is 0 Å². The Hall–Kier alpha value is -2.43. The van der Waals surface area contributed by atoms with Crippen LogP contribution in [0.15, 0.2) is 42.6 Å². The molecule has 1 fully saturated rings. The molecule has 102 valence electrons. The van der Waals surface area contributed by atoms with Gasteiger partial charge in [-0.15, -0.1) is 0 Å². The summed E-state index contributed by atoms with van der Waals surface area (Å²) in [6, 6.07) is 11.2. The molecule has 0 aliphatic carbocycles. The first-order valence-electron chi connectivity index (χ1n) is 6.71. The molecule has 0 radical (unpaired) electrons. The van der Waals surface area contributed by atoms with Crippen molar-refractivity contribution in [2.45, 2.75) is 12.8 Å². The third kappa shape index (κ3) is 2.22. The van der Waals surface area contributed by atoms with E-state index in [2.05, 4.69) is 4.98 Å². The van der Waals surface area contributed by atoms with Gasteiger partial charge in [0.25, 0.3) is 0 Å². The van der Waals surface area contributed by atoms with E-state index in [-0.39, 0.29) is 10.6 Å². The molecule has 3 rings (SSSR count). The smallest absolute Gasteiger partial charge is 0.319 e. The lowest BCUT2D eigenvalue weighted by Gasteiger charge is -2.17. The van der Waals surface area contributed by atoms with Crippen molar-refractivity contribution in [2.24, 2.45) is 0 Å². The van der Waals surface area contributed by atoms with Gasteiger partial charge < -0.3 is 4.90 Å². The Kier molecular flexibility index (Phi) is 3.33. The highest BCUT2D eigenvalue weighted by atomic mass is 16.6. The summed E-state index contributed by atoms with van der Waals surface area (Å²) in [5, 5.41) is 11.5. The van der Waals surface area contributed by atoms with Gasteiger partial charge in [0.15, 0.2) is 0 Å². The lowest BCUT2D eigenvalue weighted by Crippen LogP contribution is -2.20. The summed E-state index contributed by atoms with van der Waals surface area (Å²) in [6.07, 6.45) is 3.78. The zero-order valence-corrected chi connectivity index (χ0v) is 11.0. The van der Waals surface area contributed by atoms with Gasteiger partial charge in [-0.05, 0) is 24.5 Å². The predicted molar refractivity (Wildman–Crippen MR) is 77.8 cm³/mol. The van der Waals surface area contributed by atoms with Gasteiger partial charge in [-0.3, -0.25) is 10.1 Å². The van der Waals surface area contributed by atoms with E-state index in [0.717, 1.165) is 31.5 Å². The summed E-state index contributed by atoms with van der Waals surface area (Å²) >= 11 is 0. The molecular weight excluding hydrogens is 254 g/mol. The second-order valence-electron chi connectivity index (χ2n) is 4.85. The number of benzene rings is 1. The Morgan fingerprint density at radius 1 is 1.10 bits per heavy atom. The van der Waals surface area contributed by atoms with E-state index in [1.54, 1.807) is 12.3 Å². The zero-order valence-electron chi connectivity index (χ0n) is 11.0. The normalized spacial score (nSPS) is 14.5. The molecule has 5 nitrogen and oxygen atoms in total. The van der Waals surface area contributed by atoms with Crippen molar-refractivity contribution >= 4 is 11.5 Å². The van der Waals surface area contributed by atoms with E-state index in [1.807, 2.05) is 35.2 Å². The van der Waals surface area contributed by atoms with E-state index in [0.29, 0.717) is 11.4 Å². The molecule has 2 aromatic rings. The maximum atomic E-state index is 11.5. The Bertz CT molecular complexity index is 622. The molecule has 0 atom stereocenters. The molecule has 0 saturated carbocycles. The summed E-state index contributed by atoms with van der Waals surface area (Å²) in [5.41, 5.74) is 1.59. The first-order chi connectivity index (χ1) is 9.77. The Morgan fingerprint density at radius 2 is 1.80 bits per heavy atom. The first kappa shape index (κ1) is 12.6. The van der Waals surface area contributed by atoms with Crippen LogP contribution in [0, 0.1) is 10.1 Å². The van der Waals surface area contributed by atoms with Crippen molar-refractivity contribution in [2.75, 3.05) is 18.0 Å². The molecule has 0 unspecified atom stereocenters. The lowest BCUT2D eigenvalue weighted by atomic mass is 10.1. The molecule has 1 saturated heterocycles. The van der Waals surface area contributed by atoms with Crippen LogP contribution < -0.4 is 4.90 Å². The Balaban J connectivity index is 2.15. The fourth-order valence-corrected chi connectivity index (χ4v) is 2.63. The quantitative estimate of drug-likeness (QED) is 0.634. The van der Waals surface area contributed by atoms with E-state index < -0.39 is 0 Å². The van der Waals surface area contributed by atoms with Crippen molar-refractivity contribution in [3.63, 3.8) is 0 Å². The number of pyridine rings is 1. The molecule has 1 aliphatic heterocycles. The predicted octanol–water partition coefficient (Wildman–Crippen LogP) is 3.26. The molecule has 20 heavy (non-hydrogen) atoms. The molecule has 5 heteroatoms. The van der Waals surface area contributed by atoms with Gasteiger partial charge in [0.2, 0.25) is 5.82 Å². The van der Waals surface area contributed by atoms with Crippen LogP contribution in [0.2, 0.25) is 0 Å². The monoisotopic (exact) mass is 269 g/mol. The van der Waals surface area contributed by atoms with E-state index in [1.165, 1.54) is 0 Å². The molecule has 0 bridgehead atoms. The van der Waals surface area contributed by atoms with Crippen LogP contribution in [0.4, 0.5) is 11.5 Å². The van der Waals surface area contributed by atoms with Crippen molar-refractivity contribution in [1.82, 2.24) is 4.98 Å². The molecule has 1 aromatic heterocycles. The first-order valence-corrected chi connectivity index (χ1v) is 6.71. The van der Waals surface area contributed by atoms with Crippen molar-refractivity contribution in [3.8, 4) is 11.1 Å². The number of nitro groups is 1. The second-order valence-corrected chi connectivity index (χ2v) is 4.85. The van der Waals surface area contributed by atoms with Crippen LogP contribution in [0.25, 0.3) is 11.1 Å². The van der Waals surface area contributed by atoms with Gasteiger partial charge >= 0.3 is 5.69 Å². The Morgan fingerprint density at radius 3 is 2.45 bits per heavy atom. The summed E-state index contributed by atoms with van der Waals surface area (Å²) < 4.78 is 0. The third-order valence-corrected chi connectivity index (χ3v) is 3.58. The van der Waals surface area contributed by atoms with Crippen molar-refractivity contribution < 1.29 is 4.92 Å². The van der Waals surface area contributed by atoms with E-state index >= 15 is 0 Å². The fourth-order valence-electron chi connectivity index (χ4n) is 2.63. The van der Waals surface area contributed by atoms with Crippen LogP contribution in [0.3, 0.4) is 0 Å². The van der Waals surface area contributed by atoms with Gasteiger partial charge in [0.05, 0.1) is 10.5 Å². The van der Waals surface area contributed by atoms with Crippen LogP contribution in [0.1, 0.15) is 12.8 Å². The third-order valence-electron chi connectivity index (χ3n) is 3.58. The largest absolute Gasteiger partial charge is 0.351 e. The molecular formula is C15H15N3O2. The Labute approximate surface area is 117 Å². The summed E-state index contributed by atoms with van der Waals surface area (Å²) in [6.45, 7) is 1.68. The topological polar surface area (TPSA) is 59.3 Å². The number of anilines is 1. The minimum absolute atomic E-state index is 0.112. The van der Waals surface area contributed by atoms with Gasteiger partial charge in [-0.1, -0.05) is 30.3 Å². The van der Waals surface area contributed by atoms with Crippen LogP contribution >= 0.6 is 0 Å². The SMILES string of the molecule is O=[N+]([O-])c1c(-c2ccccc2)ccnc1N1CCCC1. The van der Waals surface area contributed by atoms with Crippen molar-refractivity contribution in [1.29, 1.82) is 0 Å². The van der Waals surface area contributed by atoms with Crippen LogP contribution in [0.5, 0.6) is 0 Å². The molecule has 2 heterocycles. The molecule has 0 amide bonds. The number of aromatic nitrogens is 1. The summed E-state index contributed by atoms with van der Waals surface area (Å²) in [4.78, 5) is 17.5. The second kappa shape index (κ2) is 5.28. The van der Waals surface area contributed by atoms with Crippen LogP contribution in [-0.4, -0.2) is 23.0 Å². The lowest BCUT2D eigenvalue weighted by molar-refractivity contribution is -0.383. The molecule has 1 aliphatic rings. The highest BCUT2D eigenvalue weighted by Gasteiger charge is 2.27. The van der Waals surface area contributed by atoms with Gasteiger partial charge in [-0.25, -0.2) is 4.98 Å². The van der Waals surface area contributed by atoms with E-state index in [9.17, 15) is 10.1 Å². The molecule has 0 spiro atoms. The van der Waals surface area contributed by atoms with Gasteiger partial charge in [0, 0.05) is 19.3 Å². The molecule has 0 N–H and O–H groups in total. The van der Waals surface area contributed by atoms with Crippen molar-refractivity contribution in [3.05, 3.63) is 52.7 Å².